The maximum atomic E-state index is 11.4. The largest absolute Gasteiger partial charge is 0.463 e. The average Bonchev–Trinajstić information content (AvgIpc) is 3.07. The van der Waals surface area contributed by atoms with Crippen LogP contribution in [0.25, 0.3) is 0 Å². The van der Waals surface area contributed by atoms with Gasteiger partial charge in [0.05, 0.1) is 112 Å². The van der Waals surface area contributed by atoms with Crippen LogP contribution < -0.4 is 0 Å². The van der Waals surface area contributed by atoms with Crippen molar-refractivity contribution in [3.8, 4) is 0 Å². The van der Waals surface area contributed by atoms with E-state index in [4.69, 9.17) is 52.8 Å². The van der Waals surface area contributed by atoms with E-state index in [-0.39, 0.29) is 19.6 Å². The number of rotatable bonds is 40. The minimum atomic E-state index is -1.05. The van der Waals surface area contributed by atoms with Crippen molar-refractivity contribution in [2.24, 2.45) is 0 Å². The second kappa shape index (κ2) is 40.2. The normalized spacial score (nSPS) is 12.2. The van der Waals surface area contributed by atoms with Crippen molar-refractivity contribution in [3.05, 3.63) is 0 Å². The summed E-state index contributed by atoms with van der Waals surface area (Å²) in [6, 6.07) is 0. The second-order valence-electron chi connectivity index (χ2n) is 11.1. The van der Waals surface area contributed by atoms with Crippen LogP contribution in [0.1, 0.15) is 90.4 Å². The molecule has 1 unspecified atom stereocenters. The molecular formula is C34H68O12. The summed E-state index contributed by atoms with van der Waals surface area (Å²) in [5.41, 5.74) is 0. The predicted molar refractivity (Wildman–Crippen MR) is 176 cm³/mol. The van der Waals surface area contributed by atoms with E-state index in [2.05, 4.69) is 6.92 Å². The molecule has 0 aromatic heterocycles. The lowest BCUT2D eigenvalue weighted by molar-refractivity contribution is -0.148. The summed E-state index contributed by atoms with van der Waals surface area (Å²) in [7, 11) is 0. The zero-order valence-electron chi connectivity index (χ0n) is 29.0. The van der Waals surface area contributed by atoms with E-state index in [0.717, 1.165) is 13.0 Å². The van der Waals surface area contributed by atoms with Crippen LogP contribution >= 0.6 is 0 Å². The molecule has 0 aromatic carbocycles. The Bertz CT molecular complexity index is 584. The lowest BCUT2D eigenvalue weighted by Crippen LogP contribution is -2.22. The van der Waals surface area contributed by atoms with Gasteiger partial charge in [-0.1, -0.05) is 77.6 Å². The Morgan fingerprint density at radius 3 is 1.11 bits per heavy atom. The first-order valence-electron chi connectivity index (χ1n) is 17.8. The molecule has 0 aliphatic rings. The third-order valence-electron chi connectivity index (χ3n) is 6.84. The molecule has 0 radical (unpaired) electrons. The lowest BCUT2D eigenvalue weighted by atomic mass is 10.1. The van der Waals surface area contributed by atoms with E-state index in [1.165, 1.54) is 70.6 Å². The SMILES string of the molecule is CCCCCCCCCCCCCCOCCOCCOCCOCCOCCOCCOCCOCCC(=O)OCC(O)CO. The molecule has 12 nitrogen and oxygen atoms in total. The van der Waals surface area contributed by atoms with Crippen molar-refractivity contribution in [1.82, 2.24) is 0 Å². The minimum Gasteiger partial charge on any atom is -0.463 e. The Morgan fingerprint density at radius 1 is 0.457 bits per heavy atom. The van der Waals surface area contributed by atoms with Gasteiger partial charge < -0.3 is 52.8 Å². The summed E-state index contributed by atoms with van der Waals surface area (Å²) in [6.07, 6.45) is 15.3. The van der Waals surface area contributed by atoms with Crippen molar-refractivity contribution < 1.29 is 57.6 Å². The quantitative estimate of drug-likeness (QED) is 0.0717. The summed E-state index contributed by atoms with van der Waals surface area (Å²) in [6.45, 7) is 9.59. The molecule has 0 aliphatic carbocycles. The fourth-order valence-electron chi connectivity index (χ4n) is 4.16. The molecular weight excluding hydrogens is 600 g/mol. The first-order chi connectivity index (χ1) is 22.7. The molecule has 12 heteroatoms. The highest BCUT2D eigenvalue weighted by Crippen LogP contribution is 2.11. The van der Waals surface area contributed by atoms with Crippen molar-refractivity contribution in [1.29, 1.82) is 0 Å². The maximum Gasteiger partial charge on any atom is 0.308 e. The predicted octanol–water partition coefficient (Wildman–Crippen LogP) is 4.11. The van der Waals surface area contributed by atoms with Crippen LogP contribution in [0.15, 0.2) is 0 Å². The molecule has 46 heavy (non-hydrogen) atoms. The number of aliphatic hydroxyl groups is 2. The van der Waals surface area contributed by atoms with Crippen LogP contribution in [0.4, 0.5) is 0 Å². The van der Waals surface area contributed by atoms with Gasteiger partial charge in [0.25, 0.3) is 0 Å². The van der Waals surface area contributed by atoms with Crippen LogP contribution in [-0.4, -0.2) is 141 Å². The number of hydrogen-bond donors (Lipinski definition) is 2. The van der Waals surface area contributed by atoms with E-state index < -0.39 is 18.7 Å². The lowest BCUT2D eigenvalue weighted by Gasteiger charge is -2.09. The molecule has 0 aliphatic heterocycles. The third-order valence-corrected chi connectivity index (χ3v) is 6.84. The zero-order chi connectivity index (χ0) is 33.4. The van der Waals surface area contributed by atoms with E-state index in [1.807, 2.05) is 0 Å². The van der Waals surface area contributed by atoms with Crippen molar-refractivity contribution in [3.63, 3.8) is 0 Å². The summed E-state index contributed by atoms with van der Waals surface area (Å²) >= 11 is 0. The molecule has 0 rings (SSSR count). The van der Waals surface area contributed by atoms with E-state index in [1.54, 1.807) is 0 Å². The highest BCUT2D eigenvalue weighted by Gasteiger charge is 2.07. The minimum absolute atomic E-state index is 0.0751. The number of unbranched alkanes of at least 4 members (excludes halogenated alkanes) is 11. The first-order valence-corrected chi connectivity index (χ1v) is 17.8. The Kier molecular flexibility index (Phi) is 39.4. The molecule has 0 heterocycles. The third kappa shape index (κ3) is 39.2. The number of esters is 1. The summed E-state index contributed by atoms with van der Waals surface area (Å²) < 4.78 is 48.5. The Morgan fingerprint density at radius 2 is 0.761 bits per heavy atom. The van der Waals surface area contributed by atoms with Crippen LogP contribution in [0.2, 0.25) is 0 Å². The Labute approximate surface area is 279 Å². The molecule has 0 fully saturated rings. The highest BCUT2D eigenvalue weighted by molar-refractivity contribution is 5.69. The van der Waals surface area contributed by atoms with Gasteiger partial charge in [0.1, 0.15) is 12.7 Å². The van der Waals surface area contributed by atoms with Gasteiger partial charge in [-0.3, -0.25) is 4.79 Å². The summed E-state index contributed by atoms with van der Waals surface area (Å²) in [5, 5.41) is 17.7. The molecule has 0 bridgehead atoms. The standard InChI is InChI=1S/C34H68O12/c1-2-3-4-5-6-7-8-9-10-11-12-13-15-38-17-19-40-21-23-42-25-27-44-29-30-45-28-26-43-24-22-41-20-18-39-16-14-34(37)46-32-33(36)31-35/h33,35-36H,2-32H2,1H3. The number of carbonyl (C=O) groups is 1. The van der Waals surface area contributed by atoms with E-state index >= 15 is 0 Å². The van der Waals surface area contributed by atoms with Gasteiger partial charge in [-0.15, -0.1) is 0 Å². The molecule has 1 atom stereocenters. The second-order valence-corrected chi connectivity index (χ2v) is 11.1. The monoisotopic (exact) mass is 668 g/mol. The fraction of sp³-hybridized carbons (Fsp3) is 0.971. The van der Waals surface area contributed by atoms with Gasteiger partial charge in [0, 0.05) is 6.61 Å². The van der Waals surface area contributed by atoms with Gasteiger partial charge in [0.15, 0.2) is 0 Å². The number of carbonyl (C=O) groups excluding carboxylic acids is 1. The Hall–Kier alpha value is -0.930. The summed E-state index contributed by atoms with van der Waals surface area (Å²) in [4.78, 5) is 11.4. The molecule has 0 aromatic rings. The van der Waals surface area contributed by atoms with Crippen LogP contribution in [0, 0.1) is 0 Å². The highest BCUT2D eigenvalue weighted by atomic mass is 16.6. The number of ether oxygens (including phenoxy) is 9. The topological polar surface area (TPSA) is 141 Å². The maximum absolute atomic E-state index is 11.4. The van der Waals surface area contributed by atoms with Crippen molar-refractivity contribution in [2.45, 2.75) is 96.5 Å². The molecule has 2 N–H and O–H groups in total. The number of aliphatic hydroxyl groups excluding tert-OH is 2. The fourth-order valence-corrected chi connectivity index (χ4v) is 4.16. The van der Waals surface area contributed by atoms with Gasteiger partial charge in [-0.25, -0.2) is 0 Å². The summed E-state index contributed by atoms with van der Waals surface area (Å²) in [5.74, 6) is -0.488. The first kappa shape index (κ1) is 45.1. The van der Waals surface area contributed by atoms with Crippen LogP contribution in [0.3, 0.4) is 0 Å². The smallest absolute Gasteiger partial charge is 0.308 e. The van der Waals surface area contributed by atoms with Crippen molar-refractivity contribution in [2.75, 3.05) is 119 Å². The zero-order valence-corrected chi connectivity index (χ0v) is 29.0. The van der Waals surface area contributed by atoms with Gasteiger partial charge in [-0.05, 0) is 6.42 Å². The molecule has 0 spiro atoms. The van der Waals surface area contributed by atoms with Gasteiger partial charge in [-0.2, -0.15) is 0 Å². The molecule has 0 saturated carbocycles. The molecule has 276 valence electrons. The van der Waals surface area contributed by atoms with Crippen molar-refractivity contribution >= 4 is 5.97 Å². The van der Waals surface area contributed by atoms with Gasteiger partial charge in [0.2, 0.25) is 0 Å². The van der Waals surface area contributed by atoms with Gasteiger partial charge >= 0.3 is 5.97 Å². The molecule has 0 amide bonds. The van der Waals surface area contributed by atoms with Crippen LogP contribution in [-0.2, 0) is 47.4 Å². The van der Waals surface area contributed by atoms with Crippen LogP contribution in [0.5, 0.6) is 0 Å². The van der Waals surface area contributed by atoms with E-state index in [9.17, 15) is 4.79 Å². The molecule has 0 saturated heterocycles. The number of hydrogen-bond acceptors (Lipinski definition) is 12. The Balaban J connectivity index is 3.09. The van der Waals surface area contributed by atoms with E-state index in [0.29, 0.717) is 92.5 Å². The average molecular weight is 669 g/mol.